The fourth-order valence-electron chi connectivity index (χ4n) is 2.60. The van der Waals surface area contributed by atoms with Gasteiger partial charge < -0.3 is 16.0 Å². The van der Waals surface area contributed by atoms with Gasteiger partial charge in [0.25, 0.3) is 0 Å². The van der Waals surface area contributed by atoms with Crippen LogP contribution >= 0.6 is 24.0 Å². The molecule has 2 aromatic heterocycles. The Hall–Kier alpha value is -2.05. The van der Waals surface area contributed by atoms with E-state index < -0.39 is 11.7 Å². The second kappa shape index (κ2) is 10.5. The Morgan fingerprint density at radius 1 is 1.21 bits per heavy atom. The van der Waals surface area contributed by atoms with Gasteiger partial charge in [0.15, 0.2) is 5.96 Å². The molecule has 0 saturated heterocycles. The number of aliphatic imine (C=N–C) groups is 1. The standard InChI is InChI=1S/C17H24F3N7.HI/c1-11-13(12(2)27(4)26-11)10-25-16(21-3)24-9-8-23-15-14(17(18,19)20)6-5-7-22-15;/h5-7H,8-10H2,1-4H3,(H,22,23)(H2,21,24,25);1H. The van der Waals surface area contributed by atoms with E-state index in [1.54, 1.807) is 7.05 Å². The van der Waals surface area contributed by atoms with Crippen LogP contribution in [0.4, 0.5) is 19.0 Å². The van der Waals surface area contributed by atoms with E-state index in [1.807, 2.05) is 25.6 Å². The molecule has 7 nitrogen and oxygen atoms in total. The second-order valence-corrected chi connectivity index (χ2v) is 5.95. The molecule has 11 heteroatoms. The SMILES string of the molecule is CN=C(NCCNc1ncccc1C(F)(F)F)NCc1c(C)nn(C)c1C.I. The highest BCUT2D eigenvalue weighted by Gasteiger charge is 2.33. The van der Waals surface area contributed by atoms with Gasteiger partial charge in [-0.1, -0.05) is 0 Å². The zero-order chi connectivity index (χ0) is 20.0. The summed E-state index contributed by atoms with van der Waals surface area (Å²) in [6, 6.07) is 2.27. The van der Waals surface area contributed by atoms with Crippen molar-refractivity contribution < 1.29 is 13.2 Å². The number of pyridine rings is 1. The Morgan fingerprint density at radius 2 is 1.93 bits per heavy atom. The Labute approximate surface area is 179 Å². The van der Waals surface area contributed by atoms with Crippen LogP contribution in [0.1, 0.15) is 22.5 Å². The normalized spacial score (nSPS) is 11.8. The molecule has 0 unspecified atom stereocenters. The number of alkyl halides is 3. The van der Waals surface area contributed by atoms with Crippen molar-refractivity contribution in [1.29, 1.82) is 0 Å². The number of hydrogen-bond donors (Lipinski definition) is 3. The minimum Gasteiger partial charge on any atom is -0.368 e. The summed E-state index contributed by atoms with van der Waals surface area (Å²) in [6.45, 7) is 5.11. The molecule has 0 bridgehead atoms. The number of rotatable bonds is 6. The van der Waals surface area contributed by atoms with Crippen LogP contribution in [-0.2, 0) is 19.8 Å². The first-order chi connectivity index (χ1) is 12.7. The van der Waals surface area contributed by atoms with Gasteiger partial charge in [-0.2, -0.15) is 18.3 Å². The van der Waals surface area contributed by atoms with Crippen LogP contribution in [0.3, 0.4) is 0 Å². The van der Waals surface area contributed by atoms with Gasteiger partial charge in [0.2, 0.25) is 0 Å². The molecule has 0 spiro atoms. The molecule has 0 amide bonds. The van der Waals surface area contributed by atoms with Gasteiger partial charge in [0.05, 0.1) is 11.3 Å². The number of aromatic nitrogens is 3. The lowest BCUT2D eigenvalue weighted by Crippen LogP contribution is -2.39. The predicted octanol–water partition coefficient (Wildman–Crippen LogP) is 2.85. The van der Waals surface area contributed by atoms with Crippen LogP contribution < -0.4 is 16.0 Å². The largest absolute Gasteiger partial charge is 0.419 e. The first-order valence-electron chi connectivity index (χ1n) is 8.43. The van der Waals surface area contributed by atoms with Crippen molar-refractivity contribution in [2.45, 2.75) is 26.6 Å². The Balaban J connectivity index is 0.00000392. The summed E-state index contributed by atoms with van der Waals surface area (Å²) >= 11 is 0. The molecule has 0 fully saturated rings. The van der Waals surface area contributed by atoms with E-state index in [9.17, 15) is 13.2 Å². The van der Waals surface area contributed by atoms with Crippen molar-refractivity contribution in [3.63, 3.8) is 0 Å². The minimum absolute atomic E-state index is 0. The molecular formula is C17H25F3IN7. The molecule has 28 heavy (non-hydrogen) atoms. The lowest BCUT2D eigenvalue weighted by atomic mass is 10.2. The van der Waals surface area contributed by atoms with Crippen LogP contribution in [0.25, 0.3) is 0 Å². The second-order valence-electron chi connectivity index (χ2n) is 5.95. The third-order valence-corrected chi connectivity index (χ3v) is 4.14. The molecule has 156 valence electrons. The highest BCUT2D eigenvalue weighted by Crippen LogP contribution is 2.33. The third-order valence-electron chi connectivity index (χ3n) is 4.14. The number of halogens is 4. The Bertz CT molecular complexity index is 803. The fraction of sp³-hybridized carbons (Fsp3) is 0.471. The van der Waals surface area contributed by atoms with Crippen LogP contribution in [0.5, 0.6) is 0 Å². The molecule has 0 saturated carbocycles. The summed E-state index contributed by atoms with van der Waals surface area (Å²) in [5.41, 5.74) is 2.30. The molecule has 3 N–H and O–H groups in total. The lowest BCUT2D eigenvalue weighted by Gasteiger charge is -2.15. The monoisotopic (exact) mass is 511 g/mol. The maximum absolute atomic E-state index is 12.9. The van der Waals surface area contributed by atoms with Crippen LogP contribution in [0, 0.1) is 13.8 Å². The van der Waals surface area contributed by atoms with Crippen molar-refractivity contribution in [2.75, 3.05) is 25.5 Å². The van der Waals surface area contributed by atoms with E-state index in [-0.39, 0.29) is 36.3 Å². The molecule has 0 aliphatic carbocycles. The zero-order valence-corrected chi connectivity index (χ0v) is 18.5. The molecule has 0 aliphatic rings. The van der Waals surface area contributed by atoms with Crippen molar-refractivity contribution >= 4 is 35.8 Å². The molecule has 2 aromatic rings. The van der Waals surface area contributed by atoms with Gasteiger partial charge in [0, 0.05) is 51.2 Å². The number of anilines is 1. The first-order valence-corrected chi connectivity index (χ1v) is 8.43. The molecule has 0 aliphatic heterocycles. The van der Waals surface area contributed by atoms with Crippen LogP contribution in [0.15, 0.2) is 23.3 Å². The average molecular weight is 511 g/mol. The number of nitrogens with one attached hydrogen (secondary N) is 3. The van der Waals surface area contributed by atoms with Crippen molar-refractivity contribution in [3.05, 3.63) is 40.8 Å². The van der Waals surface area contributed by atoms with Gasteiger partial charge in [0.1, 0.15) is 5.82 Å². The maximum atomic E-state index is 12.9. The van der Waals surface area contributed by atoms with E-state index in [1.165, 1.54) is 12.3 Å². The number of aryl methyl sites for hydroxylation is 2. The molecule has 0 atom stereocenters. The topological polar surface area (TPSA) is 79.2 Å². The molecular weight excluding hydrogens is 486 g/mol. The molecule has 0 radical (unpaired) electrons. The van der Waals surface area contributed by atoms with Gasteiger partial charge >= 0.3 is 6.18 Å². The first kappa shape index (κ1) is 24.0. The summed E-state index contributed by atoms with van der Waals surface area (Å²) in [5, 5.41) is 13.3. The quantitative estimate of drug-likeness (QED) is 0.241. The van der Waals surface area contributed by atoms with Crippen molar-refractivity contribution in [3.8, 4) is 0 Å². The molecule has 0 aromatic carbocycles. The van der Waals surface area contributed by atoms with Crippen LogP contribution in [0.2, 0.25) is 0 Å². The van der Waals surface area contributed by atoms with Gasteiger partial charge in [-0.05, 0) is 26.0 Å². The number of guanidine groups is 1. The fourth-order valence-corrected chi connectivity index (χ4v) is 2.60. The van der Waals surface area contributed by atoms with Gasteiger partial charge in [-0.15, -0.1) is 24.0 Å². The summed E-state index contributed by atoms with van der Waals surface area (Å²) in [6.07, 6.45) is -3.12. The third kappa shape index (κ3) is 6.24. The highest BCUT2D eigenvalue weighted by atomic mass is 127. The maximum Gasteiger partial charge on any atom is 0.419 e. The van der Waals surface area contributed by atoms with Crippen LogP contribution in [-0.4, -0.2) is 40.9 Å². The van der Waals surface area contributed by atoms with Gasteiger partial charge in [-0.25, -0.2) is 4.98 Å². The summed E-state index contributed by atoms with van der Waals surface area (Å²) < 4.78 is 40.6. The Morgan fingerprint density at radius 3 is 2.50 bits per heavy atom. The smallest absolute Gasteiger partial charge is 0.368 e. The average Bonchev–Trinajstić information content (AvgIpc) is 2.86. The van der Waals surface area contributed by atoms with Gasteiger partial charge in [-0.3, -0.25) is 9.67 Å². The summed E-state index contributed by atoms with van der Waals surface area (Å²) in [5.74, 6) is 0.368. The molecule has 2 heterocycles. The zero-order valence-electron chi connectivity index (χ0n) is 16.2. The minimum atomic E-state index is -4.44. The highest BCUT2D eigenvalue weighted by molar-refractivity contribution is 14.0. The Kier molecular flexibility index (Phi) is 8.98. The lowest BCUT2D eigenvalue weighted by molar-refractivity contribution is -0.137. The number of hydrogen-bond acceptors (Lipinski definition) is 4. The predicted molar refractivity (Wildman–Crippen MR) is 114 cm³/mol. The molecule has 2 rings (SSSR count). The number of nitrogens with zero attached hydrogens (tertiary/aromatic N) is 4. The van der Waals surface area contributed by atoms with Crippen molar-refractivity contribution in [1.82, 2.24) is 25.4 Å². The van der Waals surface area contributed by atoms with E-state index in [0.717, 1.165) is 23.0 Å². The van der Waals surface area contributed by atoms with Crippen molar-refractivity contribution in [2.24, 2.45) is 12.0 Å². The summed E-state index contributed by atoms with van der Waals surface area (Å²) in [4.78, 5) is 7.88. The van der Waals surface area contributed by atoms with E-state index in [0.29, 0.717) is 19.0 Å². The summed E-state index contributed by atoms with van der Waals surface area (Å²) in [7, 11) is 3.52. The van der Waals surface area contributed by atoms with E-state index >= 15 is 0 Å². The van der Waals surface area contributed by atoms with E-state index in [4.69, 9.17) is 0 Å². The van der Waals surface area contributed by atoms with E-state index in [2.05, 4.69) is 31.0 Å².